The Morgan fingerprint density at radius 3 is 2.92 bits per heavy atom. The van der Waals surface area contributed by atoms with E-state index >= 15 is 0 Å². The fourth-order valence-corrected chi connectivity index (χ4v) is 2.33. The highest BCUT2D eigenvalue weighted by Gasteiger charge is 2.02. The van der Waals surface area contributed by atoms with Crippen molar-refractivity contribution in [2.45, 2.75) is 6.42 Å². The summed E-state index contributed by atoms with van der Waals surface area (Å²) in [5, 5.41) is 11.3. The molecule has 0 saturated heterocycles. The van der Waals surface area contributed by atoms with Crippen LogP contribution in [0.4, 0.5) is 5.13 Å². The van der Waals surface area contributed by atoms with Crippen molar-refractivity contribution in [2.75, 3.05) is 5.73 Å². The molecule has 0 bridgehead atoms. The zero-order chi connectivity index (χ0) is 8.39. The molecule has 0 saturated carbocycles. The van der Waals surface area contributed by atoms with Crippen molar-refractivity contribution in [3.63, 3.8) is 0 Å². The second kappa shape index (κ2) is 3.20. The largest absolute Gasteiger partial charge is 0.374 e. The third-order valence-electron chi connectivity index (χ3n) is 1.39. The van der Waals surface area contributed by atoms with E-state index in [9.17, 15) is 0 Å². The van der Waals surface area contributed by atoms with Gasteiger partial charge < -0.3 is 5.73 Å². The van der Waals surface area contributed by atoms with Crippen LogP contribution in [0.2, 0.25) is 0 Å². The van der Waals surface area contributed by atoms with Gasteiger partial charge in [-0.2, -0.15) is 0 Å². The fourth-order valence-electron chi connectivity index (χ4n) is 0.900. The molecule has 5 heteroatoms. The highest BCUT2D eigenvalue weighted by atomic mass is 32.1. The lowest BCUT2D eigenvalue weighted by Gasteiger charge is -1.87. The molecule has 0 fully saturated rings. The maximum atomic E-state index is 5.46. The second-order valence-electron chi connectivity index (χ2n) is 2.29. The van der Waals surface area contributed by atoms with Gasteiger partial charge in [0.1, 0.15) is 5.01 Å². The predicted molar refractivity (Wildman–Crippen MR) is 51.4 cm³/mol. The van der Waals surface area contributed by atoms with Crippen LogP contribution in [0.25, 0.3) is 0 Å². The van der Waals surface area contributed by atoms with Gasteiger partial charge in [-0.15, -0.1) is 21.5 Å². The van der Waals surface area contributed by atoms with E-state index < -0.39 is 0 Å². The van der Waals surface area contributed by atoms with Gasteiger partial charge in [0, 0.05) is 11.3 Å². The molecule has 0 aliphatic carbocycles. The molecule has 2 rings (SSSR count). The molecular weight excluding hydrogens is 190 g/mol. The number of nitrogens with zero attached hydrogens (tertiary/aromatic N) is 2. The number of thiophene rings is 1. The lowest BCUT2D eigenvalue weighted by molar-refractivity contribution is 1.02. The first-order valence-electron chi connectivity index (χ1n) is 3.45. The molecule has 3 nitrogen and oxygen atoms in total. The predicted octanol–water partition coefficient (Wildman–Crippen LogP) is 1.77. The Kier molecular flexibility index (Phi) is 2.05. The normalized spacial score (nSPS) is 10.3. The number of rotatable bonds is 2. The van der Waals surface area contributed by atoms with Crippen LogP contribution in [-0.2, 0) is 6.42 Å². The molecule has 0 aromatic carbocycles. The van der Waals surface area contributed by atoms with Gasteiger partial charge in [-0.3, -0.25) is 0 Å². The standard InChI is InChI=1S/C7H7N3S2/c8-7-10-9-6(12-7)4-5-2-1-3-11-5/h1-3H,4H2,(H2,8,10). The molecule has 0 amide bonds. The van der Waals surface area contributed by atoms with Crippen molar-refractivity contribution >= 4 is 27.8 Å². The Bertz CT molecular complexity index is 352. The average Bonchev–Trinajstić information content (AvgIpc) is 2.63. The average molecular weight is 197 g/mol. The van der Waals surface area contributed by atoms with Crippen LogP contribution >= 0.6 is 22.7 Å². The summed E-state index contributed by atoms with van der Waals surface area (Å²) in [5.41, 5.74) is 5.46. The smallest absolute Gasteiger partial charge is 0.203 e. The number of aromatic nitrogens is 2. The summed E-state index contributed by atoms with van der Waals surface area (Å²) in [7, 11) is 0. The van der Waals surface area contributed by atoms with E-state index in [4.69, 9.17) is 5.73 Å². The van der Waals surface area contributed by atoms with Crippen LogP contribution in [0.3, 0.4) is 0 Å². The van der Waals surface area contributed by atoms with Crippen LogP contribution in [-0.4, -0.2) is 10.2 Å². The van der Waals surface area contributed by atoms with Gasteiger partial charge in [0.25, 0.3) is 0 Å². The van der Waals surface area contributed by atoms with Gasteiger partial charge in [-0.05, 0) is 11.4 Å². The summed E-state index contributed by atoms with van der Waals surface area (Å²) in [6.45, 7) is 0. The third kappa shape index (κ3) is 1.62. The first-order chi connectivity index (χ1) is 5.84. The molecule has 0 spiro atoms. The van der Waals surface area contributed by atoms with Crippen molar-refractivity contribution in [3.05, 3.63) is 27.4 Å². The lowest BCUT2D eigenvalue weighted by atomic mass is 10.4. The van der Waals surface area contributed by atoms with Gasteiger partial charge in [0.05, 0.1) is 0 Å². The molecule has 0 radical (unpaired) electrons. The van der Waals surface area contributed by atoms with E-state index in [1.165, 1.54) is 16.2 Å². The van der Waals surface area contributed by atoms with Crippen molar-refractivity contribution in [2.24, 2.45) is 0 Å². The minimum atomic E-state index is 0.543. The van der Waals surface area contributed by atoms with Crippen molar-refractivity contribution in [1.82, 2.24) is 10.2 Å². The first kappa shape index (κ1) is 7.70. The first-order valence-corrected chi connectivity index (χ1v) is 5.14. The molecule has 0 unspecified atom stereocenters. The van der Waals surface area contributed by atoms with Gasteiger partial charge in [-0.25, -0.2) is 0 Å². The molecular formula is C7H7N3S2. The molecule has 0 aliphatic heterocycles. The van der Waals surface area contributed by atoms with Gasteiger partial charge in [0.15, 0.2) is 0 Å². The second-order valence-corrected chi connectivity index (χ2v) is 4.42. The van der Waals surface area contributed by atoms with E-state index in [0.717, 1.165) is 11.4 Å². The van der Waals surface area contributed by atoms with E-state index in [2.05, 4.69) is 21.6 Å². The topological polar surface area (TPSA) is 51.8 Å². The molecule has 0 atom stereocenters. The monoisotopic (exact) mass is 197 g/mol. The van der Waals surface area contributed by atoms with Crippen LogP contribution in [0.15, 0.2) is 17.5 Å². The Morgan fingerprint density at radius 2 is 2.33 bits per heavy atom. The van der Waals surface area contributed by atoms with Crippen LogP contribution in [0, 0.1) is 0 Å². The van der Waals surface area contributed by atoms with Gasteiger partial charge in [0.2, 0.25) is 5.13 Å². The number of hydrogen-bond acceptors (Lipinski definition) is 5. The Hall–Kier alpha value is -0.940. The molecule has 2 aromatic heterocycles. The van der Waals surface area contributed by atoms with Crippen molar-refractivity contribution in [1.29, 1.82) is 0 Å². The van der Waals surface area contributed by atoms with E-state index in [1.54, 1.807) is 11.3 Å². The van der Waals surface area contributed by atoms with Gasteiger partial charge in [-0.1, -0.05) is 17.4 Å². The Morgan fingerprint density at radius 1 is 1.42 bits per heavy atom. The summed E-state index contributed by atoms with van der Waals surface area (Å²) < 4.78 is 0. The summed E-state index contributed by atoms with van der Waals surface area (Å²) >= 11 is 3.17. The molecule has 0 aliphatic rings. The molecule has 62 valence electrons. The summed E-state index contributed by atoms with van der Waals surface area (Å²) in [5.74, 6) is 0. The molecule has 2 N–H and O–H groups in total. The van der Waals surface area contributed by atoms with Crippen LogP contribution in [0.5, 0.6) is 0 Å². The fraction of sp³-hybridized carbons (Fsp3) is 0.143. The Labute approximate surface area is 77.9 Å². The van der Waals surface area contributed by atoms with Gasteiger partial charge >= 0.3 is 0 Å². The minimum Gasteiger partial charge on any atom is -0.374 e. The zero-order valence-corrected chi connectivity index (χ0v) is 7.86. The van der Waals surface area contributed by atoms with Crippen molar-refractivity contribution < 1.29 is 0 Å². The quantitative estimate of drug-likeness (QED) is 0.798. The van der Waals surface area contributed by atoms with E-state index in [-0.39, 0.29) is 0 Å². The molecule has 2 aromatic rings. The van der Waals surface area contributed by atoms with E-state index in [1.807, 2.05) is 6.07 Å². The zero-order valence-electron chi connectivity index (χ0n) is 6.23. The SMILES string of the molecule is Nc1nnc(Cc2cccs2)s1. The molecule has 12 heavy (non-hydrogen) atoms. The third-order valence-corrected chi connectivity index (χ3v) is 3.02. The maximum absolute atomic E-state index is 5.46. The highest BCUT2D eigenvalue weighted by Crippen LogP contribution is 2.18. The summed E-state index contributed by atoms with van der Waals surface area (Å²) in [6.07, 6.45) is 0.854. The molecule has 2 heterocycles. The highest BCUT2D eigenvalue weighted by molar-refractivity contribution is 7.15. The lowest BCUT2D eigenvalue weighted by Crippen LogP contribution is -1.82. The van der Waals surface area contributed by atoms with Crippen molar-refractivity contribution in [3.8, 4) is 0 Å². The summed E-state index contributed by atoms with van der Waals surface area (Å²) in [6, 6.07) is 4.12. The number of nitrogens with two attached hydrogens (primary N) is 1. The maximum Gasteiger partial charge on any atom is 0.203 e. The number of hydrogen-bond donors (Lipinski definition) is 1. The number of nitrogen functional groups attached to an aromatic ring is 1. The van der Waals surface area contributed by atoms with Crippen LogP contribution in [0.1, 0.15) is 9.88 Å². The summed E-state index contributed by atoms with van der Waals surface area (Å²) in [4.78, 5) is 1.30. The Balaban J connectivity index is 2.14. The van der Waals surface area contributed by atoms with Crippen LogP contribution < -0.4 is 5.73 Å². The number of anilines is 1. The van der Waals surface area contributed by atoms with E-state index in [0.29, 0.717) is 5.13 Å². The minimum absolute atomic E-state index is 0.543.